The third-order valence-electron chi connectivity index (χ3n) is 5.72. The SMILES string of the molecule is CCO[C@@H](Cc1ccc2c(ccn2Cc2nc(-c3ccc(CC)cc3)oc2C)c1)C(=O)O. The minimum absolute atomic E-state index is 0.340. The molecule has 32 heavy (non-hydrogen) atoms. The number of fused-ring (bicyclic) bond motifs is 1. The molecule has 0 saturated heterocycles. The molecule has 0 bridgehead atoms. The predicted octanol–water partition coefficient (Wildman–Crippen LogP) is 5.25. The molecule has 0 amide bonds. The molecule has 0 unspecified atom stereocenters. The van der Waals surface area contributed by atoms with Gasteiger partial charge in [-0.25, -0.2) is 9.78 Å². The highest BCUT2D eigenvalue weighted by Crippen LogP contribution is 2.25. The van der Waals surface area contributed by atoms with Crippen molar-refractivity contribution < 1.29 is 19.1 Å². The van der Waals surface area contributed by atoms with Gasteiger partial charge in [-0.1, -0.05) is 25.1 Å². The van der Waals surface area contributed by atoms with Crippen LogP contribution >= 0.6 is 0 Å². The topological polar surface area (TPSA) is 77.5 Å². The van der Waals surface area contributed by atoms with Crippen molar-refractivity contribution >= 4 is 16.9 Å². The van der Waals surface area contributed by atoms with Gasteiger partial charge < -0.3 is 18.8 Å². The number of ether oxygens (including phenoxy) is 1. The summed E-state index contributed by atoms with van der Waals surface area (Å²) in [6.07, 6.45) is 2.53. The summed E-state index contributed by atoms with van der Waals surface area (Å²) in [6, 6.07) is 16.4. The Morgan fingerprint density at radius 2 is 1.88 bits per heavy atom. The van der Waals surface area contributed by atoms with Crippen LogP contribution in [0.5, 0.6) is 0 Å². The van der Waals surface area contributed by atoms with Gasteiger partial charge in [0.1, 0.15) is 11.5 Å². The number of oxazole rings is 1. The Kier molecular flexibility index (Phi) is 6.42. The third kappa shape index (κ3) is 4.60. The quantitative estimate of drug-likeness (QED) is 0.391. The number of carbonyl (C=O) groups is 1. The fourth-order valence-corrected chi connectivity index (χ4v) is 3.89. The first-order chi connectivity index (χ1) is 15.5. The van der Waals surface area contributed by atoms with E-state index in [1.165, 1.54) is 5.56 Å². The van der Waals surface area contributed by atoms with Crippen LogP contribution in [0.25, 0.3) is 22.4 Å². The average molecular weight is 433 g/mol. The van der Waals surface area contributed by atoms with E-state index >= 15 is 0 Å². The van der Waals surface area contributed by atoms with E-state index in [0.29, 0.717) is 25.5 Å². The molecular weight excluding hydrogens is 404 g/mol. The van der Waals surface area contributed by atoms with E-state index in [2.05, 4.69) is 23.6 Å². The Morgan fingerprint density at radius 1 is 1.12 bits per heavy atom. The summed E-state index contributed by atoms with van der Waals surface area (Å²) >= 11 is 0. The van der Waals surface area contributed by atoms with Crippen molar-refractivity contribution in [3.63, 3.8) is 0 Å². The van der Waals surface area contributed by atoms with Crippen LogP contribution in [0.15, 0.2) is 59.1 Å². The molecule has 2 heterocycles. The van der Waals surface area contributed by atoms with Gasteiger partial charge in [-0.05, 0) is 67.1 Å². The van der Waals surface area contributed by atoms with Crippen LogP contribution in [0.4, 0.5) is 0 Å². The van der Waals surface area contributed by atoms with Crippen molar-refractivity contribution in [2.24, 2.45) is 0 Å². The second-order valence-corrected chi connectivity index (χ2v) is 7.90. The summed E-state index contributed by atoms with van der Waals surface area (Å²) in [7, 11) is 0. The van der Waals surface area contributed by atoms with Crippen LogP contribution in [0.3, 0.4) is 0 Å². The largest absolute Gasteiger partial charge is 0.479 e. The minimum Gasteiger partial charge on any atom is -0.479 e. The molecule has 1 N–H and O–H groups in total. The fourth-order valence-electron chi connectivity index (χ4n) is 3.89. The molecule has 0 aliphatic rings. The number of aromatic nitrogens is 2. The molecule has 1 atom stereocenters. The molecule has 2 aromatic carbocycles. The fraction of sp³-hybridized carbons (Fsp3) is 0.308. The summed E-state index contributed by atoms with van der Waals surface area (Å²) in [4.78, 5) is 16.1. The Balaban J connectivity index is 1.54. The zero-order valence-corrected chi connectivity index (χ0v) is 18.7. The van der Waals surface area contributed by atoms with Gasteiger partial charge in [-0.3, -0.25) is 0 Å². The number of carboxylic acid groups (broad SMARTS) is 1. The molecule has 0 aliphatic carbocycles. The van der Waals surface area contributed by atoms with Crippen molar-refractivity contribution in [2.45, 2.75) is 46.3 Å². The van der Waals surface area contributed by atoms with Gasteiger partial charge in [0.05, 0.1) is 6.54 Å². The second-order valence-electron chi connectivity index (χ2n) is 7.90. The number of hydrogen-bond donors (Lipinski definition) is 1. The van der Waals surface area contributed by atoms with Crippen molar-refractivity contribution in [3.05, 3.63) is 77.3 Å². The molecule has 4 aromatic rings. The molecule has 4 rings (SSSR count). The number of benzene rings is 2. The van der Waals surface area contributed by atoms with E-state index in [1.54, 1.807) is 6.92 Å². The van der Waals surface area contributed by atoms with Gasteiger partial charge in [0.2, 0.25) is 5.89 Å². The molecule has 0 fully saturated rings. The standard InChI is InChI=1S/C26H28N2O4/c1-4-18-6-9-20(10-7-18)25-27-22(17(3)32-25)16-28-13-12-21-14-19(8-11-23(21)28)15-24(26(29)30)31-5-2/h6-14,24H,4-5,15-16H2,1-3H3,(H,29,30)/t24-/m0/s1. The highest BCUT2D eigenvalue weighted by Gasteiger charge is 2.18. The average Bonchev–Trinajstić information content (AvgIpc) is 3.36. The van der Waals surface area contributed by atoms with Crippen molar-refractivity contribution in [2.75, 3.05) is 6.61 Å². The number of aliphatic carboxylic acids is 1. The summed E-state index contributed by atoms with van der Waals surface area (Å²) in [6.45, 7) is 6.85. The van der Waals surface area contributed by atoms with Crippen LogP contribution in [-0.2, 0) is 28.9 Å². The number of aryl methyl sites for hydroxylation is 2. The maximum Gasteiger partial charge on any atom is 0.333 e. The van der Waals surface area contributed by atoms with Gasteiger partial charge in [0, 0.05) is 30.3 Å². The second kappa shape index (κ2) is 9.40. The maximum absolute atomic E-state index is 11.4. The lowest BCUT2D eigenvalue weighted by atomic mass is 10.1. The predicted molar refractivity (Wildman–Crippen MR) is 124 cm³/mol. The molecule has 2 aromatic heterocycles. The lowest BCUT2D eigenvalue weighted by Crippen LogP contribution is -2.26. The van der Waals surface area contributed by atoms with Gasteiger partial charge in [-0.15, -0.1) is 0 Å². The molecule has 6 heteroatoms. The number of nitrogens with zero attached hydrogens (tertiary/aromatic N) is 2. The lowest BCUT2D eigenvalue weighted by Gasteiger charge is -2.12. The molecule has 166 valence electrons. The Morgan fingerprint density at radius 3 is 2.56 bits per heavy atom. The smallest absolute Gasteiger partial charge is 0.333 e. The van der Waals surface area contributed by atoms with Gasteiger partial charge in [0.25, 0.3) is 0 Å². The Bertz CT molecular complexity index is 1220. The third-order valence-corrected chi connectivity index (χ3v) is 5.72. The van der Waals surface area contributed by atoms with Crippen LogP contribution in [0.1, 0.15) is 36.4 Å². The van der Waals surface area contributed by atoms with E-state index in [-0.39, 0.29) is 0 Å². The molecular formula is C26H28N2O4. The summed E-state index contributed by atoms with van der Waals surface area (Å²) in [5.74, 6) is 0.500. The van der Waals surface area contributed by atoms with E-state index in [0.717, 1.165) is 39.9 Å². The molecule has 0 spiro atoms. The highest BCUT2D eigenvalue weighted by atomic mass is 16.5. The monoisotopic (exact) mass is 432 g/mol. The summed E-state index contributed by atoms with van der Waals surface area (Å²) in [5, 5.41) is 10.4. The van der Waals surface area contributed by atoms with Gasteiger partial charge in [0.15, 0.2) is 6.10 Å². The molecule has 6 nitrogen and oxygen atoms in total. The molecule has 0 aliphatic heterocycles. The summed E-state index contributed by atoms with van der Waals surface area (Å²) < 4.78 is 13.4. The van der Waals surface area contributed by atoms with Crippen molar-refractivity contribution in [1.29, 1.82) is 0 Å². The highest BCUT2D eigenvalue weighted by molar-refractivity contribution is 5.81. The Hall–Kier alpha value is -3.38. The zero-order valence-electron chi connectivity index (χ0n) is 18.7. The first kappa shape index (κ1) is 21.8. The first-order valence-electron chi connectivity index (χ1n) is 11.0. The van der Waals surface area contributed by atoms with Crippen molar-refractivity contribution in [1.82, 2.24) is 9.55 Å². The van der Waals surface area contributed by atoms with E-state index in [9.17, 15) is 9.90 Å². The van der Waals surface area contributed by atoms with Crippen LogP contribution in [0, 0.1) is 6.92 Å². The minimum atomic E-state index is -0.939. The van der Waals surface area contributed by atoms with E-state index < -0.39 is 12.1 Å². The van der Waals surface area contributed by atoms with Crippen LogP contribution in [-0.4, -0.2) is 33.3 Å². The van der Waals surface area contributed by atoms with E-state index in [4.69, 9.17) is 14.1 Å². The maximum atomic E-state index is 11.4. The van der Waals surface area contributed by atoms with Crippen LogP contribution < -0.4 is 0 Å². The van der Waals surface area contributed by atoms with Gasteiger partial charge >= 0.3 is 5.97 Å². The zero-order chi connectivity index (χ0) is 22.7. The molecule has 0 saturated carbocycles. The number of hydrogen-bond acceptors (Lipinski definition) is 4. The summed E-state index contributed by atoms with van der Waals surface area (Å²) in [5.41, 5.74) is 5.15. The lowest BCUT2D eigenvalue weighted by molar-refractivity contribution is -0.149. The van der Waals surface area contributed by atoms with Crippen molar-refractivity contribution in [3.8, 4) is 11.5 Å². The van der Waals surface area contributed by atoms with Crippen LogP contribution in [0.2, 0.25) is 0 Å². The number of carboxylic acids is 1. The number of rotatable bonds is 9. The van der Waals surface area contributed by atoms with Gasteiger partial charge in [-0.2, -0.15) is 0 Å². The molecule has 0 radical (unpaired) electrons. The first-order valence-corrected chi connectivity index (χ1v) is 11.0. The Labute approximate surface area is 187 Å². The van der Waals surface area contributed by atoms with E-state index in [1.807, 2.05) is 49.5 Å². The normalized spacial score (nSPS) is 12.3.